The molecule has 1 rings (SSSR count). The Bertz CT molecular complexity index is 460. The minimum Gasteiger partial charge on any atom is -0.484 e. The maximum absolute atomic E-state index is 11.6. The summed E-state index contributed by atoms with van der Waals surface area (Å²) in [6.45, 7) is 1.09. The highest BCUT2D eigenvalue weighted by molar-refractivity contribution is 6.30. The molecule has 0 heterocycles. The fraction of sp³-hybridized carbons (Fsp3) is 0.385. The number of hydrogen-bond acceptors (Lipinski definition) is 5. The third kappa shape index (κ3) is 5.07. The van der Waals surface area contributed by atoms with Crippen molar-refractivity contribution < 1.29 is 24.2 Å². The lowest BCUT2D eigenvalue weighted by molar-refractivity contribution is -0.148. The van der Waals surface area contributed by atoms with E-state index in [0.717, 1.165) is 0 Å². The van der Waals surface area contributed by atoms with E-state index >= 15 is 0 Å². The number of carbonyl (C=O) groups is 2. The van der Waals surface area contributed by atoms with Gasteiger partial charge in [-0.2, -0.15) is 0 Å². The van der Waals surface area contributed by atoms with Crippen LogP contribution in [0, 0.1) is 0 Å². The molecule has 0 aromatic heterocycles. The molecule has 0 spiro atoms. The molecule has 0 saturated heterocycles. The summed E-state index contributed by atoms with van der Waals surface area (Å²) in [6, 6.07) is 5.36. The van der Waals surface area contributed by atoms with Gasteiger partial charge in [0.1, 0.15) is 5.75 Å². The molecule has 0 aliphatic heterocycles. The van der Waals surface area contributed by atoms with Gasteiger partial charge in [0.15, 0.2) is 12.6 Å². The summed E-state index contributed by atoms with van der Waals surface area (Å²) in [7, 11) is 1.17. The van der Waals surface area contributed by atoms with Crippen molar-refractivity contribution in [3.8, 4) is 5.75 Å². The van der Waals surface area contributed by atoms with Crippen LogP contribution in [-0.4, -0.2) is 42.8 Å². The molecule has 0 bridgehead atoms. The fourth-order valence-corrected chi connectivity index (χ4v) is 1.52. The summed E-state index contributed by atoms with van der Waals surface area (Å²) in [4.78, 5) is 23.0. The van der Waals surface area contributed by atoms with Crippen molar-refractivity contribution in [1.82, 2.24) is 5.32 Å². The maximum atomic E-state index is 11.6. The van der Waals surface area contributed by atoms with Gasteiger partial charge in [-0.15, -0.1) is 0 Å². The molecule has 0 unspecified atom stereocenters. The minimum absolute atomic E-state index is 0.290. The Kier molecular flexibility index (Phi) is 6.27. The summed E-state index contributed by atoms with van der Waals surface area (Å²) >= 11 is 5.71. The molecule has 1 aromatic rings. The highest BCUT2D eigenvalue weighted by Gasteiger charge is 2.26. The van der Waals surface area contributed by atoms with Gasteiger partial charge in [0.05, 0.1) is 13.2 Å². The fourth-order valence-electron chi connectivity index (χ4n) is 1.40. The van der Waals surface area contributed by atoms with Crippen LogP contribution in [0.2, 0.25) is 5.02 Å². The highest BCUT2D eigenvalue weighted by Crippen LogP contribution is 2.15. The van der Waals surface area contributed by atoms with E-state index in [1.54, 1.807) is 24.3 Å². The Labute approximate surface area is 121 Å². The third-order valence-electron chi connectivity index (χ3n) is 2.44. The predicted molar refractivity (Wildman–Crippen MR) is 72.6 cm³/mol. The number of halogens is 1. The van der Waals surface area contributed by atoms with E-state index in [-0.39, 0.29) is 6.61 Å². The number of aliphatic hydroxyl groups excluding tert-OH is 1. The number of nitrogens with one attached hydrogen (secondary N) is 1. The molecule has 110 valence electrons. The number of aliphatic hydroxyl groups is 1. The maximum Gasteiger partial charge on any atom is 0.331 e. The van der Waals surface area contributed by atoms with Gasteiger partial charge in [-0.25, -0.2) is 4.79 Å². The molecule has 7 heteroatoms. The first kappa shape index (κ1) is 16.3. The third-order valence-corrected chi connectivity index (χ3v) is 2.69. The van der Waals surface area contributed by atoms with Crippen LogP contribution in [0.4, 0.5) is 0 Å². The standard InChI is InChI=1S/C13H16ClNO5/c1-8(16)12(13(18)19-2)15-11(17)7-20-10-5-3-9(14)4-6-10/h3-6,8,12,16H,7H2,1-2H3,(H,15,17)/t8-,12+/m1/s1. The zero-order valence-electron chi connectivity index (χ0n) is 11.1. The molecule has 1 aromatic carbocycles. The molecule has 2 N–H and O–H groups in total. The van der Waals surface area contributed by atoms with E-state index in [1.165, 1.54) is 14.0 Å². The number of methoxy groups -OCH3 is 1. The molecule has 0 fully saturated rings. The van der Waals surface area contributed by atoms with Crippen LogP contribution >= 0.6 is 11.6 Å². The Hall–Kier alpha value is -1.79. The van der Waals surface area contributed by atoms with Gasteiger partial charge in [0.25, 0.3) is 5.91 Å². The van der Waals surface area contributed by atoms with Crippen molar-refractivity contribution in [3.05, 3.63) is 29.3 Å². The molecule has 0 radical (unpaired) electrons. The van der Waals surface area contributed by atoms with Crippen LogP contribution in [0.15, 0.2) is 24.3 Å². The number of ether oxygens (including phenoxy) is 2. The molecule has 0 aliphatic rings. The number of rotatable bonds is 6. The molecule has 6 nitrogen and oxygen atoms in total. The summed E-state index contributed by atoms with van der Waals surface area (Å²) in [5.74, 6) is -0.799. The number of esters is 1. The van der Waals surface area contributed by atoms with Gasteiger partial charge in [-0.3, -0.25) is 4.79 Å². The lowest BCUT2D eigenvalue weighted by Crippen LogP contribution is -2.49. The Morgan fingerprint density at radius 1 is 1.35 bits per heavy atom. The van der Waals surface area contributed by atoms with Crippen LogP contribution in [0.1, 0.15) is 6.92 Å². The minimum atomic E-state index is -1.12. The summed E-state index contributed by atoms with van der Waals surface area (Å²) in [5, 5.41) is 12.3. The molecule has 2 atom stereocenters. The second kappa shape index (κ2) is 7.72. The first-order chi connectivity index (χ1) is 9.43. The van der Waals surface area contributed by atoms with Crippen LogP contribution in [-0.2, 0) is 14.3 Å². The van der Waals surface area contributed by atoms with Crippen LogP contribution in [0.3, 0.4) is 0 Å². The Morgan fingerprint density at radius 3 is 2.45 bits per heavy atom. The first-order valence-corrected chi connectivity index (χ1v) is 6.25. The normalized spacial score (nSPS) is 13.2. The van der Waals surface area contributed by atoms with Gasteiger partial charge in [0, 0.05) is 5.02 Å². The van der Waals surface area contributed by atoms with E-state index in [2.05, 4.69) is 10.1 Å². The average molecular weight is 302 g/mol. The lowest BCUT2D eigenvalue weighted by Gasteiger charge is -2.18. The Morgan fingerprint density at radius 2 is 1.95 bits per heavy atom. The van der Waals surface area contributed by atoms with Crippen molar-refractivity contribution in [2.75, 3.05) is 13.7 Å². The quantitative estimate of drug-likeness (QED) is 0.758. The van der Waals surface area contributed by atoms with Crippen molar-refractivity contribution in [2.45, 2.75) is 19.1 Å². The van der Waals surface area contributed by atoms with Crippen molar-refractivity contribution >= 4 is 23.5 Å². The van der Waals surface area contributed by atoms with Gasteiger partial charge in [-0.05, 0) is 31.2 Å². The average Bonchev–Trinajstić information content (AvgIpc) is 2.43. The lowest BCUT2D eigenvalue weighted by atomic mass is 10.2. The van der Waals surface area contributed by atoms with Gasteiger partial charge < -0.3 is 19.9 Å². The Balaban J connectivity index is 2.49. The topological polar surface area (TPSA) is 84.9 Å². The van der Waals surface area contributed by atoms with Gasteiger partial charge >= 0.3 is 5.97 Å². The molecule has 20 heavy (non-hydrogen) atoms. The second-order valence-corrected chi connectivity index (χ2v) is 4.49. The van der Waals surface area contributed by atoms with Crippen molar-refractivity contribution in [1.29, 1.82) is 0 Å². The number of carbonyl (C=O) groups excluding carboxylic acids is 2. The smallest absolute Gasteiger partial charge is 0.331 e. The van der Waals surface area contributed by atoms with E-state index in [1.807, 2.05) is 0 Å². The number of benzene rings is 1. The van der Waals surface area contributed by atoms with E-state index in [0.29, 0.717) is 10.8 Å². The van der Waals surface area contributed by atoms with Crippen molar-refractivity contribution in [2.24, 2.45) is 0 Å². The van der Waals surface area contributed by atoms with Crippen LogP contribution in [0.25, 0.3) is 0 Å². The molecular weight excluding hydrogens is 286 g/mol. The molecule has 1 amide bonds. The van der Waals surface area contributed by atoms with Gasteiger partial charge in [0.2, 0.25) is 0 Å². The SMILES string of the molecule is COC(=O)[C@@H](NC(=O)COc1ccc(Cl)cc1)[C@@H](C)O. The molecule has 0 saturated carbocycles. The van der Waals surface area contributed by atoms with E-state index < -0.39 is 24.0 Å². The monoisotopic (exact) mass is 301 g/mol. The zero-order chi connectivity index (χ0) is 15.1. The largest absolute Gasteiger partial charge is 0.484 e. The summed E-state index contributed by atoms with van der Waals surface area (Å²) in [5.41, 5.74) is 0. The van der Waals surface area contributed by atoms with Crippen LogP contribution < -0.4 is 10.1 Å². The first-order valence-electron chi connectivity index (χ1n) is 5.87. The highest BCUT2D eigenvalue weighted by atomic mass is 35.5. The van der Waals surface area contributed by atoms with Crippen LogP contribution in [0.5, 0.6) is 5.75 Å². The van der Waals surface area contributed by atoms with Gasteiger partial charge in [-0.1, -0.05) is 11.6 Å². The van der Waals surface area contributed by atoms with E-state index in [4.69, 9.17) is 16.3 Å². The zero-order valence-corrected chi connectivity index (χ0v) is 11.9. The van der Waals surface area contributed by atoms with E-state index in [9.17, 15) is 14.7 Å². The molecular formula is C13H16ClNO5. The number of hydrogen-bond donors (Lipinski definition) is 2. The molecule has 0 aliphatic carbocycles. The summed E-state index contributed by atoms with van der Waals surface area (Å²) < 4.78 is 9.69. The van der Waals surface area contributed by atoms with Crippen molar-refractivity contribution in [3.63, 3.8) is 0 Å². The summed E-state index contributed by atoms with van der Waals surface area (Å²) in [6.07, 6.45) is -1.07. The predicted octanol–water partition coefficient (Wildman–Crippen LogP) is 0.757. The number of amides is 1. The second-order valence-electron chi connectivity index (χ2n) is 4.05.